The van der Waals surface area contributed by atoms with Gasteiger partial charge >= 0.3 is 24.4 Å². The van der Waals surface area contributed by atoms with E-state index in [1.807, 2.05) is 0 Å². The third-order valence-corrected chi connectivity index (χ3v) is 11.5. The van der Waals surface area contributed by atoms with Crippen LogP contribution in [0.25, 0.3) is 0 Å². The Kier molecular flexibility index (Phi) is 9.68. The molecule has 270 valence electrons. The van der Waals surface area contributed by atoms with Gasteiger partial charge in [-0.3, -0.25) is 4.79 Å². The fourth-order valence-electron chi connectivity index (χ4n) is 6.32. The van der Waals surface area contributed by atoms with Crippen molar-refractivity contribution in [1.29, 1.82) is 0 Å². The molecular weight excluding hydrogens is 711 g/mol. The quantitative estimate of drug-likeness (QED) is 0.208. The molecule has 0 bridgehead atoms. The van der Waals surface area contributed by atoms with Gasteiger partial charge in [-0.25, -0.2) is 26.4 Å². The van der Waals surface area contributed by atoms with Gasteiger partial charge in [-0.2, -0.15) is 26.3 Å². The molecule has 18 heteroatoms. The topological polar surface area (TPSA) is 104 Å². The standard InChI is InChI=1S/C32H27F9N2O6S/c33-22-8-10-23(11-9-22)50(47,48)29(13-15-43(18-29)28(46)42-14-12-19(16-42)27(44)45)20-4-6-21(7-5-20)30(31(36,37)38,32(39,40)41)49-17-24-25(34)2-1-3-26(24)35/h1-11,19H,12-18H2,(H,44,45)/t19-,29-/m0/s1. The van der Waals surface area contributed by atoms with Crippen LogP contribution in [-0.2, 0) is 36.3 Å². The molecule has 2 saturated heterocycles. The first-order chi connectivity index (χ1) is 23.2. The molecule has 0 spiro atoms. The number of carboxylic acid groups (broad SMARTS) is 1. The number of sulfone groups is 1. The zero-order valence-electron chi connectivity index (χ0n) is 25.6. The van der Waals surface area contributed by atoms with Crippen LogP contribution in [0.3, 0.4) is 0 Å². The first-order valence-corrected chi connectivity index (χ1v) is 16.3. The van der Waals surface area contributed by atoms with Crippen LogP contribution in [0.4, 0.5) is 44.3 Å². The molecule has 2 amide bonds. The molecule has 0 radical (unpaired) electrons. The van der Waals surface area contributed by atoms with Gasteiger partial charge in [-0.15, -0.1) is 0 Å². The first kappa shape index (κ1) is 36.9. The molecule has 3 aromatic rings. The van der Waals surface area contributed by atoms with Gasteiger partial charge in [-0.05, 0) is 54.8 Å². The van der Waals surface area contributed by atoms with E-state index < -0.39 is 104 Å². The number of carbonyl (C=O) groups is 2. The Morgan fingerprint density at radius 1 is 0.840 bits per heavy atom. The van der Waals surface area contributed by atoms with Gasteiger partial charge in [-0.1, -0.05) is 30.3 Å². The Morgan fingerprint density at radius 3 is 1.94 bits per heavy atom. The molecule has 2 atom stereocenters. The number of halogens is 9. The Labute approximate surface area is 279 Å². The van der Waals surface area contributed by atoms with E-state index in [1.165, 1.54) is 4.90 Å². The second-order valence-electron chi connectivity index (χ2n) is 11.9. The van der Waals surface area contributed by atoms with Crippen molar-refractivity contribution in [1.82, 2.24) is 9.80 Å². The zero-order chi connectivity index (χ0) is 36.9. The molecule has 2 aliphatic heterocycles. The highest BCUT2D eigenvalue weighted by Crippen LogP contribution is 2.54. The molecule has 2 fully saturated rings. The summed E-state index contributed by atoms with van der Waals surface area (Å²) in [5.74, 6) is -5.75. The van der Waals surface area contributed by atoms with Crippen molar-refractivity contribution < 1.29 is 67.4 Å². The van der Waals surface area contributed by atoms with E-state index in [-0.39, 0.29) is 31.6 Å². The summed E-state index contributed by atoms with van der Waals surface area (Å²) < 4.78 is 160. The Hall–Kier alpha value is -4.32. The van der Waals surface area contributed by atoms with E-state index in [0.29, 0.717) is 36.4 Å². The predicted molar refractivity (Wildman–Crippen MR) is 156 cm³/mol. The van der Waals surface area contributed by atoms with E-state index in [4.69, 9.17) is 0 Å². The molecule has 0 saturated carbocycles. The minimum atomic E-state index is -6.26. The lowest BCUT2D eigenvalue weighted by atomic mass is 9.88. The van der Waals surface area contributed by atoms with Gasteiger partial charge < -0.3 is 19.6 Å². The van der Waals surface area contributed by atoms with Crippen molar-refractivity contribution in [2.75, 3.05) is 26.2 Å². The number of benzene rings is 3. The number of hydrogen-bond donors (Lipinski definition) is 1. The number of carbonyl (C=O) groups excluding carboxylic acids is 1. The second-order valence-corrected chi connectivity index (χ2v) is 14.2. The van der Waals surface area contributed by atoms with E-state index in [1.54, 1.807) is 0 Å². The number of urea groups is 1. The predicted octanol–water partition coefficient (Wildman–Crippen LogP) is 6.54. The van der Waals surface area contributed by atoms with Gasteiger partial charge in [0.2, 0.25) is 0 Å². The molecule has 50 heavy (non-hydrogen) atoms. The monoisotopic (exact) mass is 738 g/mol. The highest BCUT2D eigenvalue weighted by atomic mass is 32.2. The van der Waals surface area contributed by atoms with Crippen molar-refractivity contribution in [3.05, 3.63) is 101 Å². The molecule has 5 rings (SSSR count). The Balaban J connectivity index is 1.58. The lowest BCUT2D eigenvalue weighted by molar-refractivity contribution is -0.392. The van der Waals surface area contributed by atoms with Crippen LogP contribution in [0.5, 0.6) is 0 Å². The number of nitrogens with zero attached hydrogens (tertiary/aromatic N) is 2. The zero-order valence-corrected chi connectivity index (χ0v) is 26.4. The average molecular weight is 739 g/mol. The maximum Gasteiger partial charge on any atom is 0.430 e. The number of likely N-dealkylation sites (tertiary alicyclic amines) is 2. The number of hydrogen-bond acceptors (Lipinski definition) is 5. The van der Waals surface area contributed by atoms with Crippen LogP contribution in [0, 0.1) is 23.4 Å². The minimum absolute atomic E-state index is 0.0342. The van der Waals surface area contributed by atoms with Crippen LogP contribution in [-0.4, -0.2) is 73.9 Å². The third-order valence-electron chi connectivity index (χ3n) is 9.06. The summed E-state index contributed by atoms with van der Waals surface area (Å²) in [4.78, 5) is 26.6. The summed E-state index contributed by atoms with van der Waals surface area (Å²) in [6, 6.07) is 6.88. The first-order valence-electron chi connectivity index (χ1n) is 14.8. The van der Waals surface area contributed by atoms with E-state index in [9.17, 15) is 62.6 Å². The van der Waals surface area contributed by atoms with Gasteiger partial charge in [0.25, 0.3) is 5.60 Å². The smallest absolute Gasteiger partial charge is 0.430 e. The van der Waals surface area contributed by atoms with E-state index in [2.05, 4.69) is 4.74 Å². The molecular formula is C32H27F9N2O6S. The van der Waals surface area contributed by atoms with E-state index in [0.717, 1.165) is 35.2 Å². The number of rotatable bonds is 8. The molecule has 2 heterocycles. The fraction of sp³-hybridized carbons (Fsp3) is 0.375. The van der Waals surface area contributed by atoms with Gasteiger partial charge in [0, 0.05) is 37.3 Å². The summed E-state index contributed by atoms with van der Waals surface area (Å²) in [5, 5.41) is 9.32. The van der Waals surface area contributed by atoms with Crippen molar-refractivity contribution in [2.24, 2.45) is 5.92 Å². The van der Waals surface area contributed by atoms with Gasteiger partial charge in [0.05, 0.1) is 17.4 Å². The number of alkyl halides is 6. The van der Waals surface area contributed by atoms with Crippen LogP contribution >= 0.6 is 0 Å². The SMILES string of the molecule is O=C(O)[C@H]1CCN(C(=O)N2CC[C@](c3ccc(C(OCc4c(F)cccc4F)(C(F)(F)F)C(F)(F)F)cc3)(S(=O)(=O)c3ccc(F)cc3)C2)C1. The molecule has 0 aliphatic carbocycles. The molecule has 0 unspecified atom stereocenters. The summed E-state index contributed by atoms with van der Waals surface area (Å²) >= 11 is 0. The fourth-order valence-corrected chi connectivity index (χ4v) is 8.40. The highest BCUT2D eigenvalue weighted by Gasteiger charge is 2.73. The Morgan fingerprint density at radius 2 is 1.42 bits per heavy atom. The van der Waals surface area contributed by atoms with Crippen molar-refractivity contribution >= 4 is 21.8 Å². The summed E-state index contributed by atoms with van der Waals surface area (Å²) in [6.07, 6.45) is -12.8. The molecule has 3 aromatic carbocycles. The third kappa shape index (κ3) is 6.27. The number of aliphatic carboxylic acids is 1. The summed E-state index contributed by atoms with van der Waals surface area (Å²) in [7, 11) is -4.68. The molecule has 1 N–H and O–H groups in total. The average Bonchev–Trinajstić information content (AvgIpc) is 3.71. The van der Waals surface area contributed by atoms with Crippen molar-refractivity contribution in [2.45, 2.75) is 47.0 Å². The van der Waals surface area contributed by atoms with E-state index >= 15 is 0 Å². The van der Waals surface area contributed by atoms with Crippen LogP contribution in [0.15, 0.2) is 71.6 Å². The maximum atomic E-state index is 14.5. The van der Waals surface area contributed by atoms with Crippen LogP contribution in [0.2, 0.25) is 0 Å². The summed E-state index contributed by atoms with van der Waals surface area (Å²) in [6.45, 7) is -2.84. The van der Waals surface area contributed by atoms with Crippen molar-refractivity contribution in [3.63, 3.8) is 0 Å². The second kappa shape index (κ2) is 13.1. The van der Waals surface area contributed by atoms with Gasteiger partial charge in [0.1, 0.15) is 22.2 Å². The molecule has 2 aliphatic rings. The van der Waals surface area contributed by atoms with Crippen LogP contribution < -0.4 is 0 Å². The number of carboxylic acids is 1. The lowest BCUT2D eigenvalue weighted by Crippen LogP contribution is -2.56. The molecule has 0 aromatic heterocycles. The van der Waals surface area contributed by atoms with Crippen molar-refractivity contribution in [3.8, 4) is 0 Å². The normalized spacial score (nSPS) is 20.4. The molecule has 8 nitrogen and oxygen atoms in total. The van der Waals surface area contributed by atoms with Gasteiger partial charge in [0.15, 0.2) is 9.84 Å². The lowest BCUT2D eigenvalue weighted by Gasteiger charge is -2.38. The minimum Gasteiger partial charge on any atom is -0.481 e. The van der Waals surface area contributed by atoms with Crippen LogP contribution in [0.1, 0.15) is 29.5 Å². The maximum absolute atomic E-state index is 14.5. The summed E-state index contributed by atoms with van der Waals surface area (Å²) in [5.41, 5.74) is -8.25. The number of amides is 2. The number of ether oxygens (including phenoxy) is 1. The Bertz CT molecular complexity index is 1830. The highest BCUT2D eigenvalue weighted by molar-refractivity contribution is 7.92. The largest absolute Gasteiger partial charge is 0.481 e.